The summed E-state index contributed by atoms with van der Waals surface area (Å²) in [6.07, 6.45) is 6.69. The maximum absolute atomic E-state index is 6.28. The molecule has 112 valence electrons. The lowest BCUT2D eigenvalue weighted by atomic mass is 9.70. The van der Waals surface area contributed by atoms with Crippen molar-refractivity contribution in [3.05, 3.63) is 0 Å². The monoisotopic (exact) mass is 267 g/mol. The molecule has 2 aliphatic rings. The number of hydrogen-bond donors (Lipinski definition) is 1. The van der Waals surface area contributed by atoms with Crippen LogP contribution in [0.3, 0.4) is 0 Å². The van der Waals surface area contributed by atoms with Gasteiger partial charge in [0.15, 0.2) is 0 Å². The minimum atomic E-state index is 0.286. The van der Waals surface area contributed by atoms with Crippen molar-refractivity contribution in [1.82, 2.24) is 9.80 Å². The van der Waals surface area contributed by atoms with Crippen LogP contribution in [-0.2, 0) is 0 Å². The predicted octanol–water partition coefficient (Wildman–Crippen LogP) is 2.17. The third-order valence-electron chi connectivity index (χ3n) is 5.20. The van der Waals surface area contributed by atoms with E-state index in [-0.39, 0.29) is 5.54 Å². The highest BCUT2D eigenvalue weighted by molar-refractivity contribution is 5.02. The molecule has 0 radical (unpaired) electrons. The van der Waals surface area contributed by atoms with Crippen LogP contribution in [0.15, 0.2) is 0 Å². The molecule has 3 nitrogen and oxygen atoms in total. The van der Waals surface area contributed by atoms with Gasteiger partial charge in [-0.2, -0.15) is 0 Å². The average molecular weight is 267 g/mol. The van der Waals surface area contributed by atoms with Crippen molar-refractivity contribution in [1.29, 1.82) is 0 Å². The summed E-state index contributed by atoms with van der Waals surface area (Å²) in [6.45, 7) is 8.11. The number of likely N-dealkylation sites (N-methyl/N-ethyl adjacent to an activating group) is 1. The summed E-state index contributed by atoms with van der Waals surface area (Å²) >= 11 is 0. The Morgan fingerprint density at radius 1 is 1.21 bits per heavy atom. The Hall–Kier alpha value is -0.120. The van der Waals surface area contributed by atoms with E-state index in [1.54, 1.807) is 0 Å². The van der Waals surface area contributed by atoms with Crippen molar-refractivity contribution < 1.29 is 0 Å². The van der Waals surface area contributed by atoms with Gasteiger partial charge < -0.3 is 10.6 Å². The van der Waals surface area contributed by atoms with Gasteiger partial charge >= 0.3 is 0 Å². The molecule has 3 atom stereocenters. The van der Waals surface area contributed by atoms with Crippen LogP contribution in [0, 0.1) is 11.8 Å². The minimum Gasteiger partial charge on any atom is -0.329 e. The molecular weight excluding hydrogens is 234 g/mol. The smallest absolute Gasteiger partial charge is 0.0340 e. The molecule has 2 N–H and O–H groups in total. The summed E-state index contributed by atoms with van der Waals surface area (Å²) in [4.78, 5) is 5.13. The van der Waals surface area contributed by atoms with Gasteiger partial charge in [0.2, 0.25) is 0 Å². The third-order valence-corrected chi connectivity index (χ3v) is 5.20. The van der Waals surface area contributed by atoms with Gasteiger partial charge in [-0.25, -0.2) is 0 Å². The molecule has 2 fully saturated rings. The quantitative estimate of drug-likeness (QED) is 0.847. The Morgan fingerprint density at radius 2 is 1.84 bits per heavy atom. The van der Waals surface area contributed by atoms with Gasteiger partial charge in [0.25, 0.3) is 0 Å². The first-order valence-corrected chi connectivity index (χ1v) is 8.08. The Balaban J connectivity index is 2.14. The molecule has 1 heterocycles. The first-order chi connectivity index (χ1) is 8.97. The topological polar surface area (TPSA) is 32.5 Å². The van der Waals surface area contributed by atoms with Crippen LogP contribution in [0.4, 0.5) is 0 Å². The highest BCUT2D eigenvalue weighted by atomic mass is 15.3. The zero-order valence-electron chi connectivity index (χ0n) is 13.4. The lowest BCUT2D eigenvalue weighted by Gasteiger charge is -2.51. The summed E-state index contributed by atoms with van der Waals surface area (Å²) < 4.78 is 0. The van der Waals surface area contributed by atoms with E-state index >= 15 is 0 Å². The van der Waals surface area contributed by atoms with Crippen LogP contribution in [0.1, 0.15) is 46.0 Å². The molecule has 19 heavy (non-hydrogen) atoms. The van der Waals surface area contributed by atoms with Crippen LogP contribution in [0.5, 0.6) is 0 Å². The summed E-state index contributed by atoms with van der Waals surface area (Å²) in [5.41, 5.74) is 6.57. The van der Waals surface area contributed by atoms with Crippen LogP contribution < -0.4 is 5.73 Å². The van der Waals surface area contributed by atoms with Crippen molar-refractivity contribution in [3.8, 4) is 0 Å². The Morgan fingerprint density at radius 3 is 2.37 bits per heavy atom. The Labute approximate surface area is 119 Å². The summed E-state index contributed by atoms with van der Waals surface area (Å²) in [5, 5.41) is 0. The molecule has 0 bridgehead atoms. The second kappa shape index (κ2) is 6.11. The van der Waals surface area contributed by atoms with Crippen molar-refractivity contribution in [3.63, 3.8) is 0 Å². The first kappa shape index (κ1) is 15.3. The van der Waals surface area contributed by atoms with Crippen LogP contribution in [-0.4, -0.2) is 55.1 Å². The molecule has 0 aromatic carbocycles. The van der Waals surface area contributed by atoms with Crippen molar-refractivity contribution in [2.24, 2.45) is 17.6 Å². The number of rotatable bonds is 4. The molecular formula is C16H33N3. The maximum Gasteiger partial charge on any atom is 0.0340 e. The standard InChI is InChI=1S/C16H33N3/c1-13-8-14(2)10-16(9-13,12-17)19-7-5-6-15(19)11-18(3)4/h13-15H,5-12,17H2,1-4H3. The minimum absolute atomic E-state index is 0.286. The van der Waals surface area contributed by atoms with E-state index in [1.807, 2.05) is 0 Å². The normalized spacial score (nSPS) is 41.1. The van der Waals surface area contributed by atoms with Crippen LogP contribution in [0.2, 0.25) is 0 Å². The van der Waals surface area contributed by atoms with Crippen molar-refractivity contribution in [2.75, 3.05) is 33.7 Å². The van der Waals surface area contributed by atoms with E-state index in [0.29, 0.717) is 0 Å². The SMILES string of the molecule is CC1CC(C)CC(CN)(N2CCCC2CN(C)C)C1. The maximum atomic E-state index is 6.28. The summed E-state index contributed by atoms with van der Waals surface area (Å²) in [5.74, 6) is 1.65. The number of likely N-dealkylation sites (tertiary alicyclic amines) is 1. The molecule has 1 saturated heterocycles. The molecule has 0 aromatic rings. The predicted molar refractivity (Wildman–Crippen MR) is 82.2 cm³/mol. The van der Waals surface area contributed by atoms with E-state index in [4.69, 9.17) is 5.73 Å². The van der Waals surface area contributed by atoms with Gasteiger partial charge in [-0.05, 0) is 64.6 Å². The fraction of sp³-hybridized carbons (Fsp3) is 1.00. The molecule has 1 aliphatic heterocycles. The molecule has 0 amide bonds. The van der Waals surface area contributed by atoms with E-state index in [2.05, 4.69) is 37.7 Å². The van der Waals surface area contributed by atoms with Gasteiger partial charge in [0.05, 0.1) is 0 Å². The van der Waals surface area contributed by atoms with Crippen LogP contribution in [0.25, 0.3) is 0 Å². The number of hydrogen-bond acceptors (Lipinski definition) is 3. The highest BCUT2D eigenvalue weighted by Gasteiger charge is 2.45. The number of nitrogens with two attached hydrogens (primary N) is 1. The zero-order chi connectivity index (χ0) is 14.0. The summed E-state index contributed by atoms with van der Waals surface area (Å²) in [6, 6.07) is 0.719. The fourth-order valence-corrected chi connectivity index (χ4v) is 4.82. The van der Waals surface area contributed by atoms with Gasteiger partial charge in [0, 0.05) is 24.7 Å². The Kier molecular flexibility index (Phi) is 4.91. The largest absolute Gasteiger partial charge is 0.329 e. The molecule has 2 rings (SSSR count). The van der Waals surface area contributed by atoms with E-state index < -0.39 is 0 Å². The summed E-state index contributed by atoms with van der Waals surface area (Å²) in [7, 11) is 4.38. The van der Waals surface area contributed by atoms with E-state index in [0.717, 1.165) is 24.4 Å². The van der Waals surface area contributed by atoms with Gasteiger partial charge in [0.1, 0.15) is 0 Å². The lowest BCUT2D eigenvalue weighted by molar-refractivity contribution is 0.00434. The zero-order valence-corrected chi connectivity index (χ0v) is 13.4. The molecule has 1 saturated carbocycles. The molecule has 1 aliphatic carbocycles. The molecule has 0 aromatic heterocycles. The fourth-order valence-electron chi connectivity index (χ4n) is 4.82. The molecule has 0 spiro atoms. The highest BCUT2D eigenvalue weighted by Crippen LogP contribution is 2.42. The van der Waals surface area contributed by atoms with Crippen molar-refractivity contribution >= 4 is 0 Å². The van der Waals surface area contributed by atoms with Gasteiger partial charge in [-0.1, -0.05) is 13.8 Å². The molecule has 3 unspecified atom stereocenters. The second-order valence-electron chi connectivity index (χ2n) is 7.53. The second-order valence-corrected chi connectivity index (χ2v) is 7.53. The van der Waals surface area contributed by atoms with Gasteiger partial charge in [-0.3, -0.25) is 4.90 Å². The van der Waals surface area contributed by atoms with E-state index in [1.165, 1.54) is 45.2 Å². The molecule has 3 heteroatoms. The van der Waals surface area contributed by atoms with E-state index in [9.17, 15) is 0 Å². The van der Waals surface area contributed by atoms with Gasteiger partial charge in [-0.15, -0.1) is 0 Å². The lowest BCUT2D eigenvalue weighted by Crippen LogP contribution is -2.60. The first-order valence-electron chi connectivity index (χ1n) is 8.08. The average Bonchev–Trinajstić information content (AvgIpc) is 2.75. The number of nitrogens with zero attached hydrogens (tertiary/aromatic N) is 2. The third kappa shape index (κ3) is 3.32. The van der Waals surface area contributed by atoms with Crippen molar-refractivity contribution in [2.45, 2.75) is 57.5 Å². The van der Waals surface area contributed by atoms with Crippen LogP contribution >= 0.6 is 0 Å². The Bertz CT molecular complexity index is 280.